The van der Waals surface area contributed by atoms with Crippen molar-refractivity contribution < 1.29 is 22.7 Å². The fraction of sp³-hybridized carbons (Fsp3) is 0.500. The number of ether oxygens (including phenoxy) is 1. The van der Waals surface area contributed by atoms with E-state index >= 15 is 0 Å². The SMILES string of the molecule is CC(C)(C)ONCc1ccc(OC(F)(F)F)c(Br)c1. The summed E-state index contributed by atoms with van der Waals surface area (Å²) in [7, 11) is 0. The molecule has 0 radical (unpaired) electrons. The van der Waals surface area contributed by atoms with Crippen molar-refractivity contribution >= 4 is 15.9 Å². The van der Waals surface area contributed by atoms with E-state index in [-0.39, 0.29) is 15.8 Å². The molecule has 0 aliphatic rings. The van der Waals surface area contributed by atoms with Gasteiger partial charge >= 0.3 is 6.36 Å². The highest BCUT2D eigenvalue weighted by Gasteiger charge is 2.31. The van der Waals surface area contributed by atoms with Crippen LogP contribution in [0, 0.1) is 0 Å². The Morgan fingerprint density at radius 1 is 1.21 bits per heavy atom. The van der Waals surface area contributed by atoms with Crippen LogP contribution < -0.4 is 10.2 Å². The Bertz CT molecular complexity index is 430. The van der Waals surface area contributed by atoms with E-state index in [9.17, 15) is 13.2 Å². The second-order valence-electron chi connectivity index (χ2n) is 4.85. The Balaban J connectivity index is 2.62. The number of halogens is 4. The molecule has 19 heavy (non-hydrogen) atoms. The molecule has 1 N–H and O–H groups in total. The van der Waals surface area contributed by atoms with Crippen molar-refractivity contribution in [3.63, 3.8) is 0 Å². The summed E-state index contributed by atoms with van der Waals surface area (Å²) in [5.74, 6) is -0.270. The summed E-state index contributed by atoms with van der Waals surface area (Å²) in [6.45, 7) is 6.03. The number of hydrogen-bond donors (Lipinski definition) is 1. The molecule has 108 valence electrons. The first-order valence-electron chi connectivity index (χ1n) is 5.52. The first-order chi connectivity index (χ1) is 8.57. The highest BCUT2D eigenvalue weighted by molar-refractivity contribution is 9.10. The fourth-order valence-electron chi connectivity index (χ4n) is 1.20. The van der Waals surface area contributed by atoms with E-state index in [4.69, 9.17) is 4.84 Å². The van der Waals surface area contributed by atoms with E-state index in [0.717, 1.165) is 5.56 Å². The van der Waals surface area contributed by atoms with Crippen LogP contribution in [0.15, 0.2) is 22.7 Å². The van der Waals surface area contributed by atoms with Crippen molar-refractivity contribution in [2.75, 3.05) is 0 Å². The van der Waals surface area contributed by atoms with Crippen molar-refractivity contribution in [1.82, 2.24) is 5.48 Å². The van der Waals surface area contributed by atoms with Gasteiger partial charge in [0.05, 0.1) is 10.1 Å². The predicted molar refractivity (Wildman–Crippen MR) is 68.5 cm³/mol. The molecule has 0 aliphatic heterocycles. The third kappa shape index (κ3) is 6.79. The molecule has 0 bridgehead atoms. The van der Waals surface area contributed by atoms with Crippen LogP contribution in [0.3, 0.4) is 0 Å². The average Bonchev–Trinajstić information content (AvgIpc) is 2.18. The van der Waals surface area contributed by atoms with Crippen LogP contribution in [0.2, 0.25) is 0 Å². The van der Waals surface area contributed by atoms with Gasteiger partial charge in [0.25, 0.3) is 0 Å². The molecule has 0 saturated carbocycles. The van der Waals surface area contributed by atoms with E-state index in [1.54, 1.807) is 6.07 Å². The molecule has 1 aromatic carbocycles. The van der Waals surface area contributed by atoms with Gasteiger partial charge in [0.15, 0.2) is 0 Å². The molecule has 1 rings (SSSR count). The van der Waals surface area contributed by atoms with Crippen molar-refractivity contribution in [3.05, 3.63) is 28.2 Å². The lowest BCUT2D eigenvalue weighted by molar-refractivity contribution is -0.274. The maximum atomic E-state index is 12.1. The summed E-state index contributed by atoms with van der Waals surface area (Å²) in [4.78, 5) is 5.31. The molecule has 0 saturated heterocycles. The Morgan fingerprint density at radius 2 is 1.84 bits per heavy atom. The quantitative estimate of drug-likeness (QED) is 0.834. The van der Waals surface area contributed by atoms with Gasteiger partial charge in [0, 0.05) is 6.54 Å². The first-order valence-corrected chi connectivity index (χ1v) is 6.31. The number of rotatable bonds is 4. The molecule has 0 aromatic heterocycles. The Kier molecular flexibility index (Phi) is 5.23. The lowest BCUT2D eigenvalue weighted by Gasteiger charge is -2.19. The molecule has 3 nitrogen and oxygen atoms in total. The predicted octanol–water partition coefficient (Wildman–Crippen LogP) is 4.17. The normalized spacial score (nSPS) is 12.6. The Labute approximate surface area is 118 Å². The van der Waals surface area contributed by atoms with Crippen LogP contribution in [0.25, 0.3) is 0 Å². The first kappa shape index (κ1) is 16.3. The lowest BCUT2D eigenvalue weighted by Crippen LogP contribution is -2.28. The summed E-state index contributed by atoms with van der Waals surface area (Å²) >= 11 is 3.04. The molecule has 0 atom stereocenters. The van der Waals surface area contributed by atoms with Gasteiger partial charge in [-0.1, -0.05) is 6.07 Å². The van der Waals surface area contributed by atoms with Crippen LogP contribution in [-0.4, -0.2) is 12.0 Å². The molecular weight excluding hydrogens is 327 g/mol. The second-order valence-corrected chi connectivity index (χ2v) is 5.70. The zero-order valence-electron chi connectivity index (χ0n) is 10.8. The molecule has 0 heterocycles. The van der Waals surface area contributed by atoms with Crippen LogP contribution >= 0.6 is 15.9 Å². The maximum absolute atomic E-state index is 12.1. The fourth-order valence-corrected chi connectivity index (χ4v) is 1.70. The van der Waals surface area contributed by atoms with E-state index in [1.807, 2.05) is 20.8 Å². The molecule has 0 amide bonds. The van der Waals surface area contributed by atoms with Gasteiger partial charge in [-0.15, -0.1) is 13.2 Å². The van der Waals surface area contributed by atoms with Gasteiger partial charge in [0.1, 0.15) is 5.75 Å². The van der Waals surface area contributed by atoms with E-state index < -0.39 is 6.36 Å². The number of hydroxylamine groups is 1. The van der Waals surface area contributed by atoms with Crippen LogP contribution in [0.5, 0.6) is 5.75 Å². The van der Waals surface area contributed by atoms with Gasteiger partial charge in [-0.3, -0.25) is 4.84 Å². The van der Waals surface area contributed by atoms with Crippen molar-refractivity contribution in [1.29, 1.82) is 0 Å². The smallest absolute Gasteiger partial charge is 0.405 e. The summed E-state index contributed by atoms with van der Waals surface area (Å²) in [6, 6.07) is 4.33. The number of nitrogens with one attached hydrogen (secondary N) is 1. The zero-order valence-corrected chi connectivity index (χ0v) is 12.4. The molecular formula is C12H15BrF3NO2. The summed E-state index contributed by atoms with van der Waals surface area (Å²) in [6.07, 6.45) is -4.70. The van der Waals surface area contributed by atoms with Crippen LogP contribution in [0.4, 0.5) is 13.2 Å². The summed E-state index contributed by atoms with van der Waals surface area (Å²) < 4.78 is 40.3. The molecule has 0 spiro atoms. The second kappa shape index (κ2) is 6.11. The highest BCUT2D eigenvalue weighted by atomic mass is 79.9. The Hall–Kier alpha value is -0.790. The lowest BCUT2D eigenvalue weighted by atomic mass is 10.2. The third-order valence-corrected chi connectivity index (χ3v) is 2.50. The molecule has 7 heteroatoms. The highest BCUT2D eigenvalue weighted by Crippen LogP contribution is 2.31. The van der Waals surface area contributed by atoms with Gasteiger partial charge in [-0.05, 0) is 54.4 Å². The zero-order chi connectivity index (χ0) is 14.7. The topological polar surface area (TPSA) is 30.5 Å². The number of alkyl halides is 3. The number of hydrogen-bond acceptors (Lipinski definition) is 3. The van der Waals surface area contributed by atoms with Crippen molar-refractivity contribution in [2.45, 2.75) is 39.3 Å². The van der Waals surface area contributed by atoms with Crippen molar-refractivity contribution in [3.8, 4) is 5.75 Å². The van der Waals surface area contributed by atoms with Gasteiger partial charge < -0.3 is 4.74 Å². The monoisotopic (exact) mass is 341 g/mol. The molecule has 0 fully saturated rings. The minimum absolute atomic E-state index is 0.236. The standard InChI is InChI=1S/C12H15BrF3NO2/c1-11(2,3)19-17-7-8-4-5-10(9(13)6-8)18-12(14,15)16/h4-6,17H,7H2,1-3H3. The molecule has 0 unspecified atom stereocenters. The minimum atomic E-state index is -4.70. The van der Waals surface area contributed by atoms with E-state index in [2.05, 4.69) is 26.1 Å². The Morgan fingerprint density at radius 3 is 2.32 bits per heavy atom. The minimum Gasteiger partial charge on any atom is -0.405 e. The van der Waals surface area contributed by atoms with Crippen molar-refractivity contribution in [2.24, 2.45) is 0 Å². The summed E-state index contributed by atoms with van der Waals surface area (Å²) in [5.41, 5.74) is 3.19. The van der Waals surface area contributed by atoms with Crippen LogP contribution in [0.1, 0.15) is 26.3 Å². The molecule has 1 aromatic rings. The third-order valence-electron chi connectivity index (χ3n) is 1.88. The largest absolute Gasteiger partial charge is 0.573 e. The number of benzene rings is 1. The molecule has 0 aliphatic carbocycles. The van der Waals surface area contributed by atoms with E-state index in [0.29, 0.717) is 6.54 Å². The average molecular weight is 342 g/mol. The van der Waals surface area contributed by atoms with Crippen LogP contribution in [-0.2, 0) is 11.4 Å². The van der Waals surface area contributed by atoms with E-state index in [1.165, 1.54) is 12.1 Å². The van der Waals surface area contributed by atoms with Gasteiger partial charge in [0.2, 0.25) is 0 Å². The van der Waals surface area contributed by atoms with Gasteiger partial charge in [-0.25, -0.2) is 0 Å². The maximum Gasteiger partial charge on any atom is 0.573 e. The summed E-state index contributed by atoms with van der Waals surface area (Å²) in [5, 5.41) is 0. The van der Waals surface area contributed by atoms with Gasteiger partial charge in [-0.2, -0.15) is 5.48 Å².